The molecule has 3 heteroatoms. The standard InChI is InChI=1S/C19H20ClNO/c1-14-10-15(2)12-19(11-14)22-9-3-4-17(13-21)16-5-7-18(20)8-6-16/h5-8,10-12,17H,3-4,9H2,1-2H3. The molecule has 0 aliphatic carbocycles. The van der Waals surface area contributed by atoms with E-state index in [-0.39, 0.29) is 5.92 Å². The van der Waals surface area contributed by atoms with Gasteiger partial charge in [0.2, 0.25) is 0 Å². The molecule has 0 bridgehead atoms. The van der Waals surface area contributed by atoms with Crippen LogP contribution in [0.2, 0.25) is 5.02 Å². The fourth-order valence-electron chi connectivity index (χ4n) is 2.49. The van der Waals surface area contributed by atoms with Crippen molar-refractivity contribution in [3.05, 3.63) is 64.2 Å². The summed E-state index contributed by atoms with van der Waals surface area (Å²) in [5, 5.41) is 10.0. The van der Waals surface area contributed by atoms with Gasteiger partial charge in [0, 0.05) is 5.02 Å². The van der Waals surface area contributed by atoms with Gasteiger partial charge in [0.1, 0.15) is 5.75 Å². The van der Waals surface area contributed by atoms with E-state index in [0.29, 0.717) is 11.6 Å². The van der Waals surface area contributed by atoms with Crippen molar-refractivity contribution in [2.75, 3.05) is 6.61 Å². The zero-order valence-electron chi connectivity index (χ0n) is 13.0. The molecule has 0 aromatic heterocycles. The number of nitrogens with zero attached hydrogens (tertiary/aromatic N) is 1. The second-order valence-electron chi connectivity index (χ2n) is 5.55. The van der Waals surface area contributed by atoms with Gasteiger partial charge >= 0.3 is 0 Å². The molecule has 0 amide bonds. The van der Waals surface area contributed by atoms with Crippen LogP contribution in [0.25, 0.3) is 0 Å². The van der Waals surface area contributed by atoms with Gasteiger partial charge in [0.25, 0.3) is 0 Å². The van der Waals surface area contributed by atoms with Gasteiger partial charge < -0.3 is 4.74 Å². The molecule has 1 unspecified atom stereocenters. The van der Waals surface area contributed by atoms with E-state index in [0.717, 1.165) is 24.2 Å². The van der Waals surface area contributed by atoms with E-state index in [1.165, 1.54) is 11.1 Å². The first-order valence-corrected chi connectivity index (χ1v) is 7.82. The molecule has 0 N–H and O–H groups in total. The van der Waals surface area contributed by atoms with Crippen molar-refractivity contribution >= 4 is 11.6 Å². The summed E-state index contributed by atoms with van der Waals surface area (Å²) in [4.78, 5) is 0. The molecule has 2 nitrogen and oxygen atoms in total. The number of hydrogen-bond donors (Lipinski definition) is 0. The molecule has 0 heterocycles. The van der Waals surface area contributed by atoms with Crippen molar-refractivity contribution in [2.45, 2.75) is 32.6 Å². The van der Waals surface area contributed by atoms with Gasteiger partial charge in [0.15, 0.2) is 0 Å². The summed E-state index contributed by atoms with van der Waals surface area (Å²) in [5.41, 5.74) is 3.41. The maximum absolute atomic E-state index is 9.31. The average Bonchev–Trinajstić information content (AvgIpc) is 2.48. The van der Waals surface area contributed by atoms with E-state index in [9.17, 15) is 5.26 Å². The zero-order chi connectivity index (χ0) is 15.9. The van der Waals surface area contributed by atoms with Crippen LogP contribution in [0.4, 0.5) is 0 Å². The van der Waals surface area contributed by atoms with Gasteiger partial charge in [-0.2, -0.15) is 5.26 Å². The summed E-state index contributed by atoms with van der Waals surface area (Å²) in [7, 11) is 0. The quantitative estimate of drug-likeness (QED) is 0.667. The van der Waals surface area contributed by atoms with Crippen LogP contribution in [-0.4, -0.2) is 6.61 Å². The highest BCUT2D eigenvalue weighted by molar-refractivity contribution is 6.30. The highest BCUT2D eigenvalue weighted by Gasteiger charge is 2.10. The zero-order valence-corrected chi connectivity index (χ0v) is 13.7. The first kappa shape index (κ1) is 16.4. The summed E-state index contributed by atoms with van der Waals surface area (Å²) in [5.74, 6) is 0.789. The van der Waals surface area contributed by atoms with Crippen molar-refractivity contribution in [2.24, 2.45) is 0 Å². The maximum Gasteiger partial charge on any atom is 0.119 e. The fraction of sp³-hybridized carbons (Fsp3) is 0.316. The number of benzene rings is 2. The van der Waals surface area contributed by atoms with Gasteiger partial charge in [-0.1, -0.05) is 29.8 Å². The third-order valence-electron chi connectivity index (χ3n) is 3.53. The topological polar surface area (TPSA) is 33.0 Å². The lowest BCUT2D eigenvalue weighted by atomic mass is 9.96. The van der Waals surface area contributed by atoms with Crippen molar-refractivity contribution in [1.29, 1.82) is 5.26 Å². The van der Waals surface area contributed by atoms with Crippen LogP contribution in [0.1, 0.15) is 35.4 Å². The molecule has 114 valence electrons. The summed E-state index contributed by atoms with van der Waals surface area (Å²) in [6.07, 6.45) is 1.62. The smallest absolute Gasteiger partial charge is 0.119 e. The van der Waals surface area contributed by atoms with E-state index in [4.69, 9.17) is 16.3 Å². The van der Waals surface area contributed by atoms with Gasteiger partial charge in [-0.05, 0) is 67.6 Å². The normalized spacial score (nSPS) is 11.7. The van der Waals surface area contributed by atoms with Crippen molar-refractivity contribution < 1.29 is 4.74 Å². The fourth-order valence-corrected chi connectivity index (χ4v) is 2.62. The Morgan fingerprint density at radius 3 is 2.32 bits per heavy atom. The molecule has 1 atom stereocenters. The molecule has 2 aromatic rings. The Hall–Kier alpha value is -1.98. The Morgan fingerprint density at radius 2 is 1.73 bits per heavy atom. The Balaban J connectivity index is 1.84. The lowest BCUT2D eigenvalue weighted by Gasteiger charge is -2.11. The summed E-state index contributed by atoms with van der Waals surface area (Å²) < 4.78 is 5.79. The molecule has 2 aromatic carbocycles. The number of hydrogen-bond acceptors (Lipinski definition) is 2. The Labute approximate surface area is 137 Å². The molecule has 2 rings (SSSR count). The highest BCUT2D eigenvalue weighted by atomic mass is 35.5. The number of rotatable bonds is 6. The lowest BCUT2D eigenvalue weighted by molar-refractivity contribution is 0.304. The van der Waals surface area contributed by atoms with Crippen LogP contribution in [0.15, 0.2) is 42.5 Å². The molecular weight excluding hydrogens is 294 g/mol. The first-order valence-electron chi connectivity index (χ1n) is 7.44. The average molecular weight is 314 g/mol. The van der Waals surface area contributed by atoms with Crippen molar-refractivity contribution in [1.82, 2.24) is 0 Å². The van der Waals surface area contributed by atoms with Crippen LogP contribution in [0, 0.1) is 25.2 Å². The minimum atomic E-state index is -0.111. The monoisotopic (exact) mass is 313 g/mol. The molecule has 0 radical (unpaired) electrons. The summed E-state index contributed by atoms with van der Waals surface area (Å²) in [6, 6.07) is 16.0. The van der Waals surface area contributed by atoms with E-state index < -0.39 is 0 Å². The predicted molar refractivity (Wildman–Crippen MR) is 90.5 cm³/mol. The SMILES string of the molecule is Cc1cc(C)cc(OCCCC(C#N)c2ccc(Cl)cc2)c1. The number of ether oxygens (including phenoxy) is 1. The number of halogens is 1. The predicted octanol–water partition coefficient (Wildman–Crippen LogP) is 5.42. The second kappa shape index (κ2) is 7.87. The minimum Gasteiger partial charge on any atom is -0.494 e. The molecule has 0 aliphatic heterocycles. The first-order chi connectivity index (χ1) is 10.6. The van der Waals surface area contributed by atoms with Crippen molar-refractivity contribution in [3.8, 4) is 11.8 Å². The van der Waals surface area contributed by atoms with E-state index in [2.05, 4.69) is 26.0 Å². The number of aryl methyl sites for hydroxylation is 2. The maximum atomic E-state index is 9.31. The Bertz CT molecular complexity index is 638. The molecular formula is C19H20ClNO. The van der Waals surface area contributed by atoms with E-state index >= 15 is 0 Å². The minimum absolute atomic E-state index is 0.111. The molecule has 0 saturated carbocycles. The third-order valence-corrected chi connectivity index (χ3v) is 3.78. The van der Waals surface area contributed by atoms with Gasteiger partial charge in [-0.3, -0.25) is 0 Å². The van der Waals surface area contributed by atoms with Crippen LogP contribution in [0.3, 0.4) is 0 Å². The summed E-state index contributed by atoms with van der Waals surface area (Å²) in [6.45, 7) is 4.74. The lowest BCUT2D eigenvalue weighted by Crippen LogP contribution is -2.02. The van der Waals surface area contributed by atoms with Gasteiger partial charge in [-0.25, -0.2) is 0 Å². The number of nitriles is 1. The Kier molecular flexibility index (Phi) is 5.86. The Morgan fingerprint density at radius 1 is 1.09 bits per heavy atom. The van der Waals surface area contributed by atoms with Crippen molar-refractivity contribution in [3.63, 3.8) is 0 Å². The van der Waals surface area contributed by atoms with Crippen LogP contribution in [-0.2, 0) is 0 Å². The van der Waals surface area contributed by atoms with E-state index in [1.54, 1.807) is 0 Å². The third kappa shape index (κ3) is 4.79. The van der Waals surface area contributed by atoms with E-state index in [1.807, 2.05) is 36.4 Å². The highest BCUT2D eigenvalue weighted by Crippen LogP contribution is 2.23. The molecule has 0 spiro atoms. The molecule has 0 saturated heterocycles. The van der Waals surface area contributed by atoms with Gasteiger partial charge in [-0.15, -0.1) is 0 Å². The largest absolute Gasteiger partial charge is 0.494 e. The van der Waals surface area contributed by atoms with Crippen LogP contribution < -0.4 is 4.74 Å². The van der Waals surface area contributed by atoms with Crippen LogP contribution >= 0.6 is 11.6 Å². The second-order valence-corrected chi connectivity index (χ2v) is 5.98. The molecule has 22 heavy (non-hydrogen) atoms. The van der Waals surface area contributed by atoms with Gasteiger partial charge in [0.05, 0.1) is 18.6 Å². The molecule has 0 fully saturated rings. The van der Waals surface area contributed by atoms with Crippen LogP contribution in [0.5, 0.6) is 5.75 Å². The molecule has 0 aliphatic rings. The summed E-state index contributed by atoms with van der Waals surface area (Å²) >= 11 is 5.88.